The number of hydrogen-bond acceptors (Lipinski definition) is 2. The Morgan fingerprint density at radius 3 is 2.56 bits per heavy atom. The molecule has 1 aromatic carbocycles. The number of aryl methyl sites for hydroxylation is 2. The van der Waals surface area contributed by atoms with Gasteiger partial charge in [0.25, 0.3) is 0 Å². The summed E-state index contributed by atoms with van der Waals surface area (Å²) in [5, 5.41) is 0. The number of carbonyl (C=O) groups is 1. The van der Waals surface area contributed by atoms with Crippen molar-refractivity contribution in [3.05, 3.63) is 53.6 Å². The van der Waals surface area contributed by atoms with E-state index in [-0.39, 0.29) is 0 Å². The van der Waals surface area contributed by atoms with Crippen molar-refractivity contribution < 1.29 is 4.79 Å². The summed E-state index contributed by atoms with van der Waals surface area (Å²) in [5.74, 6) is 0.580. The van der Waals surface area contributed by atoms with Gasteiger partial charge >= 0.3 is 0 Å². The van der Waals surface area contributed by atoms with Gasteiger partial charge < -0.3 is 10.7 Å². The van der Waals surface area contributed by atoms with Crippen LogP contribution >= 0.6 is 0 Å². The number of hydrogen-bond donors (Lipinski definition) is 2. The normalized spacial score (nSPS) is 10.2. The molecule has 0 spiro atoms. The zero-order valence-electron chi connectivity index (χ0n) is 8.81. The minimum atomic E-state index is -0.391. The fraction of sp³-hybridized carbons (Fsp3) is 0.167. The summed E-state index contributed by atoms with van der Waals surface area (Å²) in [4.78, 5) is 18.1. The van der Waals surface area contributed by atoms with Crippen molar-refractivity contribution in [1.29, 1.82) is 0 Å². The highest BCUT2D eigenvalue weighted by atomic mass is 16.1. The molecule has 2 aromatic rings. The molecular formula is C12H13N3O. The molecule has 0 saturated heterocycles. The number of benzene rings is 1. The van der Waals surface area contributed by atoms with Gasteiger partial charge in [-0.25, -0.2) is 4.98 Å². The summed E-state index contributed by atoms with van der Waals surface area (Å²) < 4.78 is 0. The molecule has 0 bridgehead atoms. The Labute approximate surface area is 93.5 Å². The van der Waals surface area contributed by atoms with Crippen LogP contribution in [-0.4, -0.2) is 15.9 Å². The molecule has 1 amide bonds. The van der Waals surface area contributed by atoms with Gasteiger partial charge in [0, 0.05) is 24.4 Å². The zero-order chi connectivity index (χ0) is 11.4. The van der Waals surface area contributed by atoms with Crippen molar-refractivity contribution in [2.75, 3.05) is 0 Å². The van der Waals surface area contributed by atoms with Crippen LogP contribution < -0.4 is 5.73 Å². The number of amides is 1. The Morgan fingerprint density at radius 1 is 1.25 bits per heavy atom. The molecule has 0 saturated carbocycles. The number of nitrogens with two attached hydrogens (primary N) is 1. The lowest BCUT2D eigenvalue weighted by atomic mass is 10.1. The molecule has 0 fully saturated rings. The fourth-order valence-corrected chi connectivity index (χ4v) is 1.53. The number of nitrogens with one attached hydrogen (secondary N) is 1. The Morgan fingerprint density at radius 2 is 2.00 bits per heavy atom. The van der Waals surface area contributed by atoms with E-state index < -0.39 is 5.91 Å². The second kappa shape index (κ2) is 4.61. The van der Waals surface area contributed by atoms with Gasteiger partial charge in [-0.15, -0.1) is 0 Å². The van der Waals surface area contributed by atoms with E-state index in [9.17, 15) is 4.79 Å². The van der Waals surface area contributed by atoms with Gasteiger partial charge in [0.1, 0.15) is 5.82 Å². The van der Waals surface area contributed by atoms with Crippen molar-refractivity contribution in [3.63, 3.8) is 0 Å². The SMILES string of the molecule is NC(=O)c1ccc(CCc2ncc[nH]2)cc1. The second-order valence-corrected chi connectivity index (χ2v) is 3.60. The van der Waals surface area contributed by atoms with E-state index in [1.54, 1.807) is 18.3 Å². The molecule has 0 unspecified atom stereocenters. The van der Waals surface area contributed by atoms with E-state index in [1.165, 1.54) is 5.56 Å². The largest absolute Gasteiger partial charge is 0.366 e. The number of aromatic amines is 1. The average molecular weight is 215 g/mol. The van der Waals surface area contributed by atoms with E-state index in [2.05, 4.69) is 9.97 Å². The van der Waals surface area contributed by atoms with Crippen LogP contribution in [0.3, 0.4) is 0 Å². The molecule has 3 N–H and O–H groups in total. The predicted molar refractivity (Wildman–Crippen MR) is 61.0 cm³/mol. The van der Waals surface area contributed by atoms with Gasteiger partial charge in [0.15, 0.2) is 0 Å². The van der Waals surface area contributed by atoms with Crippen LogP contribution in [0.2, 0.25) is 0 Å². The summed E-state index contributed by atoms with van der Waals surface area (Å²) in [7, 11) is 0. The lowest BCUT2D eigenvalue weighted by Gasteiger charge is -2.00. The molecular weight excluding hydrogens is 202 g/mol. The van der Waals surface area contributed by atoms with Crippen LogP contribution in [0.25, 0.3) is 0 Å². The van der Waals surface area contributed by atoms with Crippen LogP contribution in [0.5, 0.6) is 0 Å². The summed E-state index contributed by atoms with van der Waals surface area (Å²) in [6, 6.07) is 7.34. The molecule has 0 aliphatic rings. The van der Waals surface area contributed by atoms with Gasteiger partial charge in [0.2, 0.25) is 5.91 Å². The number of rotatable bonds is 4. The maximum atomic E-state index is 10.9. The van der Waals surface area contributed by atoms with Gasteiger partial charge in [-0.3, -0.25) is 4.79 Å². The minimum Gasteiger partial charge on any atom is -0.366 e. The third-order valence-electron chi connectivity index (χ3n) is 2.44. The molecule has 0 radical (unpaired) electrons. The first-order valence-corrected chi connectivity index (χ1v) is 5.13. The highest BCUT2D eigenvalue weighted by molar-refractivity contribution is 5.92. The number of primary amides is 1. The maximum Gasteiger partial charge on any atom is 0.248 e. The lowest BCUT2D eigenvalue weighted by molar-refractivity contribution is 0.100. The first kappa shape index (κ1) is 10.4. The number of H-pyrrole nitrogens is 1. The molecule has 4 nitrogen and oxygen atoms in total. The highest BCUT2D eigenvalue weighted by Crippen LogP contribution is 2.06. The standard InChI is InChI=1S/C12H13N3O/c13-12(16)10-4-1-9(2-5-10)3-6-11-14-7-8-15-11/h1-2,4-5,7-8H,3,6H2,(H2,13,16)(H,14,15). The number of aromatic nitrogens is 2. The topological polar surface area (TPSA) is 71.8 Å². The summed E-state index contributed by atoms with van der Waals surface area (Å²) in [6.07, 6.45) is 5.31. The average Bonchev–Trinajstić information content (AvgIpc) is 2.80. The quantitative estimate of drug-likeness (QED) is 0.806. The minimum absolute atomic E-state index is 0.391. The van der Waals surface area contributed by atoms with Crippen LogP contribution in [0.4, 0.5) is 0 Å². The Kier molecular flexibility index (Phi) is 3.00. The van der Waals surface area contributed by atoms with Crippen molar-refractivity contribution in [3.8, 4) is 0 Å². The number of carbonyl (C=O) groups excluding carboxylic acids is 1. The van der Waals surface area contributed by atoms with E-state index in [4.69, 9.17) is 5.73 Å². The van der Waals surface area contributed by atoms with Crippen molar-refractivity contribution >= 4 is 5.91 Å². The van der Waals surface area contributed by atoms with Crippen LogP contribution in [0.15, 0.2) is 36.7 Å². The van der Waals surface area contributed by atoms with Crippen molar-refractivity contribution in [2.24, 2.45) is 5.73 Å². The van der Waals surface area contributed by atoms with Gasteiger partial charge in [-0.2, -0.15) is 0 Å². The van der Waals surface area contributed by atoms with E-state index in [0.29, 0.717) is 5.56 Å². The number of nitrogens with zero attached hydrogens (tertiary/aromatic N) is 1. The molecule has 4 heteroatoms. The molecule has 1 aromatic heterocycles. The second-order valence-electron chi connectivity index (χ2n) is 3.60. The first-order valence-electron chi connectivity index (χ1n) is 5.13. The van der Waals surface area contributed by atoms with Crippen LogP contribution in [-0.2, 0) is 12.8 Å². The summed E-state index contributed by atoms with van der Waals surface area (Å²) in [5.41, 5.74) is 6.87. The van der Waals surface area contributed by atoms with Crippen LogP contribution in [0.1, 0.15) is 21.7 Å². The molecule has 0 aliphatic carbocycles. The monoisotopic (exact) mass is 215 g/mol. The van der Waals surface area contributed by atoms with Crippen molar-refractivity contribution in [2.45, 2.75) is 12.8 Å². The lowest BCUT2D eigenvalue weighted by Crippen LogP contribution is -2.10. The molecule has 2 rings (SSSR count). The third kappa shape index (κ3) is 2.48. The summed E-state index contributed by atoms with van der Waals surface area (Å²) >= 11 is 0. The van der Waals surface area contributed by atoms with Gasteiger partial charge in [0.05, 0.1) is 0 Å². The fourth-order valence-electron chi connectivity index (χ4n) is 1.53. The smallest absolute Gasteiger partial charge is 0.248 e. The van der Waals surface area contributed by atoms with Crippen LogP contribution in [0, 0.1) is 0 Å². The number of imidazole rings is 1. The predicted octanol–water partition coefficient (Wildman–Crippen LogP) is 1.29. The van der Waals surface area contributed by atoms with E-state index >= 15 is 0 Å². The van der Waals surface area contributed by atoms with E-state index in [0.717, 1.165) is 18.7 Å². The first-order chi connectivity index (χ1) is 7.75. The van der Waals surface area contributed by atoms with E-state index in [1.807, 2.05) is 18.3 Å². The van der Waals surface area contributed by atoms with Gasteiger partial charge in [-0.05, 0) is 24.1 Å². The Hall–Kier alpha value is -2.10. The third-order valence-corrected chi connectivity index (χ3v) is 2.44. The Bertz CT molecular complexity index is 460. The highest BCUT2D eigenvalue weighted by Gasteiger charge is 2.00. The molecule has 0 atom stereocenters. The molecule has 1 heterocycles. The molecule has 16 heavy (non-hydrogen) atoms. The van der Waals surface area contributed by atoms with Gasteiger partial charge in [-0.1, -0.05) is 12.1 Å². The maximum absolute atomic E-state index is 10.9. The van der Waals surface area contributed by atoms with Crippen molar-refractivity contribution in [1.82, 2.24) is 9.97 Å². The summed E-state index contributed by atoms with van der Waals surface area (Å²) in [6.45, 7) is 0. The molecule has 82 valence electrons. The zero-order valence-corrected chi connectivity index (χ0v) is 8.81. The molecule has 0 aliphatic heterocycles. The Balaban J connectivity index is 1.98.